The summed E-state index contributed by atoms with van der Waals surface area (Å²) < 4.78 is 1.83. The fourth-order valence-corrected chi connectivity index (χ4v) is 1.68. The Labute approximate surface area is 96.1 Å². The van der Waals surface area contributed by atoms with Gasteiger partial charge in [-0.15, -0.1) is 0 Å². The van der Waals surface area contributed by atoms with Crippen LogP contribution in [-0.2, 0) is 13.6 Å². The lowest BCUT2D eigenvalue weighted by atomic mass is 10.1. The molecule has 0 spiro atoms. The molecule has 1 N–H and O–H groups in total. The molecule has 0 unspecified atom stereocenters. The van der Waals surface area contributed by atoms with Crippen molar-refractivity contribution in [3.63, 3.8) is 0 Å². The van der Waals surface area contributed by atoms with Gasteiger partial charge in [0.15, 0.2) is 0 Å². The first-order chi connectivity index (χ1) is 7.79. The molecule has 0 aliphatic rings. The molecule has 0 aliphatic heterocycles. The molecule has 2 rings (SSSR count). The maximum Gasteiger partial charge on any atom is 0.0923 e. The second kappa shape index (κ2) is 4.94. The van der Waals surface area contributed by atoms with Crippen molar-refractivity contribution in [3.05, 3.63) is 42.1 Å². The Morgan fingerprint density at radius 2 is 2.19 bits per heavy atom. The average molecular weight is 215 g/mol. The summed E-state index contributed by atoms with van der Waals surface area (Å²) in [6.07, 6.45) is 1.96. The van der Waals surface area contributed by atoms with Gasteiger partial charge in [-0.05, 0) is 24.2 Å². The highest BCUT2D eigenvalue weighted by molar-refractivity contribution is 5.59. The van der Waals surface area contributed by atoms with Crippen molar-refractivity contribution in [1.82, 2.24) is 15.1 Å². The highest BCUT2D eigenvalue weighted by Crippen LogP contribution is 2.17. The van der Waals surface area contributed by atoms with Crippen molar-refractivity contribution < 1.29 is 0 Å². The van der Waals surface area contributed by atoms with Crippen LogP contribution in [0.25, 0.3) is 11.3 Å². The van der Waals surface area contributed by atoms with Crippen LogP contribution in [-0.4, -0.2) is 16.3 Å². The van der Waals surface area contributed by atoms with Gasteiger partial charge in [-0.25, -0.2) is 0 Å². The van der Waals surface area contributed by atoms with Crippen molar-refractivity contribution in [2.24, 2.45) is 7.05 Å². The van der Waals surface area contributed by atoms with Gasteiger partial charge >= 0.3 is 0 Å². The van der Waals surface area contributed by atoms with Gasteiger partial charge in [0, 0.05) is 25.4 Å². The summed E-state index contributed by atoms with van der Waals surface area (Å²) >= 11 is 0. The molecule has 1 aromatic heterocycles. The molecule has 0 radical (unpaired) electrons. The summed E-state index contributed by atoms with van der Waals surface area (Å²) in [4.78, 5) is 0. The van der Waals surface area contributed by atoms with E-state index in [2.05, 4.69) is 41.6 Å². The van der Waals surface area contributed by atoms with Crippen LogP contribution >= 0.6 is 0 Å². The minimum Gasteiger partial charge on any atom is -0.313 e. The van der Waals surface area contributed by atoms with E-state index < -0.39 is 0 Å². The van der Waals surface area contributed by atoms with E-state index in [9.17, 15) is 0 Å². The fourth-order valence-electron chi connectivity index (χ4n) is 1.68. The molecule has 0 amide bonds. The number of nitrogens with zero attached hydrogens (tertiary/aromatic N) is 2. The molecule has 0 bridgehead atoms. The second-order valence-electron chi connectivity index (χ2n) is 3.86. The molecule has 84 valence electrons. The third-order valence-corrected chi connectivity index (χ3v) is 2.52. The molecule has 3 nitrogen and oxygen atoms in total. The average Bonchev–Trinajstić information content (AvgIpc) is 2.74. The molecule has 16 heavy (non-hydrogen) atoms. The highest BCUT2D eigenvalue weighted by Gasteiger charge is 2.01. The summed E-state index contributed by atoms with van der Waals surface area (Å²) in [5.41, 5.74) is 3.50. The van der Waals surface area contributed by atoms with Gasteiger partial charge in [0.1, 0.15) is 0 Å². The van der Waals surface area contributed by atoms with Gasteiger partial charge in [-0.3, -0.25) is 4.68 Å². The van der Waals surface area contributed by atoms with Crippen molar-refractivity contribution >= 4 is 0 Å². The van der Waals surface area contributed by atoms with Crippen LogP contribution in [0.4, 0.5) is 0 Å². The van der Waals surface area contributed by atoms with Gasteiger partial charge in [0.05, 0.1) is 5.69 Å². The first kappa shape index (κ1) is 10.9. The Balaban J connectivity index is 2.22. The molecule has 0 atom stereocenters. The van der Waals surface area contributed by atoms with Crippen molar-refractivity contribution in [2.45, 2.75) is 13.5 Å². The van der Waals surface area contributed by atoms with Crippen LogP contribution < -0.4 is 5.32 Å². The van der Waals surface area contributed by atoms with E-state index in [4.69, 9.17) is 0 Å². The zero-order chi connectivity index (χ0) is 11.4. The van der Waals surface area contributed by atoms with E-state index in [0.717, 1.165) is 18.8 Å². The number of benzene rings is 1. The number of nitrogens with one attached hydrogen (secondary N) is 1. The van der Waals surface area contributed by atoms with Gasteiger partial charge in [0.25, 0.3) is 0 Å². The van der Waals surface area contributed by atoms with E-state index in [1.165, 1.54) is 11.1 Å². The van der Waals surface area contributed by atoms with Crippen LogP contribution in [0.15, 0.2) is 36.5 Å². The van der Waals surface area contributed by atoms with Crippen molar-refractivity contribution in [3.8, 4) is 11.3 Å². The highest BCUT2D eigenvalue weighted by atomic mass is 15.2. The zero-order valence-electron chi connectivity index (χ0n) is 9.77. The van der Waals surface area contributed by atoms with Crippen molar-refractivity contribution in [2.75, 3.05) is 6.54 Å². The predicted molar refractivity (Wildman–Crippen MR) is 66.0 cm³/mol. The van der Waals surface area contributed by atoms with Crippen LogP contribution in [0.5, 0.6) is 0 Å². The van der Waals surface area contributed by atoms with Crippen LogP contribution in [0.1, 0.15) is 12.5 Å². The summed E-state index contributed by atoms with van der Waals surface area (Å²) in [6, 6.07) is 10.5. The van der Waals surface area contributed by atoms with Gasteiger partial charge in [-0.2, -0.15) is 5.10 Å². The normalized spacial score (nSPS) is 10.6. The lowest BCUT2D eigenvalue weighted by Crippen LogP contribution is -2.11. The Morgan fingerprint density at radius 1 is 1.31 bits per heavy atom. The van der Waals surface area contributed by atoms with E-state index in [0.29, 0.717) is 0 Å². The van der Waals surface area contributed by atoms with E-state index in [1.807, 2.05) is 24.0 Å². The molecular weight excluding hydrogens is 198 g/mol. The van der Waals surface area contributed by atoms with Gasteiger partial charge in [0.2, 0.25) is 0 Å². The van der Waals surface area contributed by atoms with Gasteiger partial charge < -0.3 is 5.32 Å². The summed E-state index contributed by atoms with van der Waals surface area (Å²) in [5.74, 6) is 0. The SMILES string of the molecule is CCNCc1cccc(-c2ccn(C)n2)c1. The van der Waals surface area contributed by atoms with Crippen molar-refractivity contribution in [1.29, 1.82) is 0 Å². The monoisotopic (exact) mass is 215 g/mol. The lowest BCUT2D eigenvalue weighted by molar-refractivity contribution is 0.727. The Kier molecular flexibility index (Phi) is 3.37. The molecular formula is C13H17N3. The minimum atomic E-state index is 0.914. The molecule has 1 heterocycles. The van der Waals surface area contributed by atoms with Gasteiger partial charge in [-0.1, -0.05) is 25.1 Å². The first-order valence-electron chi connectivity index (χ1n) is 5.59. The summed E-state index contributed by atoms with van der Waals surface area (Å²) in [6.45, 7) is 4.02. The number of rotatable bonds is 4. The molecule has 0 fully saturated rings. The molecule has 2 aromatic rings. The van der Waals surface area contributed by atoms with E-state index in [1.54, 1.807) is 0 Å². The quantitative estimate of drug-likeness (QED) is 0.847. The Morgan fingerprint density at radius 3 is 2.88 bits per heavy atom. The Hall–Kier alpha value is -1.61. The van der Waals surface area contributed by atoms with E-state index in [-0.39, 0.29) is 0 Å². The lowest BCUT2D eigenvalue weighted by Gasteiger charge is -2.03. The molecule has 0 aliphatic carbocycles. The third kappa shape index (κ3) is 2.49. The molecule has 0 saturated carbocycles. The zero-order valence-corrected chi connectivity index (χ0v) is 9.77. The van der Waals surface area contributed by atoms with Crippen LogP contribution in [0, 0.1) is 0 Å². The number of hydrogen-bond acceptors (Lipinski definition) is 2. The topological polar surface area (TPSA) is 29.9 Å². The largest absolute Gasteiger partial charge is 0.313 e. The molecule has 3 heteroatoms. The number of hydrogen-bond donors (Lipinski definition) is 1. The van der Waals surface area contributed by atoms with E-state index >= 15 is 0 Å². The number of aromatic nitrogens is 2. The summed E-state index contributed by atoms with van der Waals surface area (Å²) in [5, 5.41) is 7.72. The Bertz CT molecular complexity index is 460. The maximum atomic E-state index is 4.40. The minimum absolute atomic E-state index is 0.914. The fraction of sp³-hybridized carbons (Fsp3) is 0.308. The predicted octanol–water partition coefficient (Wildman–Crippen LogP) is 2.20. The second-order valence-corrected chi connectivity index (χ2v) is 3.86. The molecule has 0 saturated heterocycles. The summed E-state index contributed by atoms with van der Waals surface area (Å²) in [7, 11) is 1.94. The smallest absolute Gasteiger partial charge is 0.0923 e. The molecule has 1 aromatic carbocycles. The van der Waals surface area contributed by atoms with Crippen LogP contribution in [0.2, 0.25) is 0 Å². The maximum absolute atomic E-state index is 4.40. The first-order valence-corrected chi connectivity index (χ1v) is 5.59. The third-order valence-electron chi connectivity index (χ3n) is 2.52. The van der Waals surface area contributed by atoms with Crippen LogP contribution in [0.3, 0.4) is 0 Å². The number of aryl methyl sites for hydroxylation is 1. The standard InChI is InChI=1S/C13H17N3/c1-3-14-10-11-5-4-6-12(9-11)13-7-8-16(2)15-13/h4-9,14H,3,10H2,1-2H3.